The van der Waals surface area contributed by atoms with Gasteiger partial charge in [0.2, 0.25) is 10.0 Å². The van der Waals surface area contributed by atoms with Crippen LogP contribution in [0.4, 0.5) is 10.5 Å². The van der Waals surface area contributed by atoms with Crippen LogP contribution in [0.3, 0.4) is 0 Å². The summed E-state index contributed by atoms with van der Waals surface area (Å²) < 4.78 is 27.7. The molecule has 0 fully saturated rings. The Balaban J connectivity index is 2.04. The summed E-state index contributed by atoms with van der Waals surface area (Å²) >= 11 is 0. The third-order valence-corrected chi connectivity index (χ3v) is 3.51. The average Bonchev–Trinajstić information content (AvgIpc) is 2.46. The Bertz CT molecular complexity index is 732. The number of amides is 1. The molecule has 2 aromatic rings. The van der Waals surface area contributed by atoms with E-state index in [0.717, 1.165) is 5.56 Å². The molecular formula is C13H13N3O4S. The molecule has 1 aromatic carbocycles. The predicted molar refractivity (Wildman–Crippen MR) is 75.9 cm³/mol. The maximum Gasteiger partial charge on any atom is 0.412 e. The Morgan fingerprint density at radius 3 is 2.62 bits per heavy atom. The molecule has 0 unspecified atom stereocenters. The van der Waals surface area contributed by atoms with Crippen LogP contribution >= 0.6 is 0 Å². The number of hydrogen-bond donors (Lipinski definition) is 2. The van der Waals surface area contributed by atoms with Crippen LogP contribution in [0.2, 0.25) is 0 Å². The van der Waals surface area contributed by atoms with Crippen LogP contribution in [-0.4, -0.2) is 19.5 Å². The number of benzene rings is 1. The largest absolute Gasteiger partial charge is 0.444 e. The summed E-state index contributed by atoms with van der Waals surface area (Å²) in [6, 6.07) is 10.3. The second kappa shape index (κ2) is 6.33. The molecule has 0 bridgehead atoms. The number of anilines is 1. The second-order valence-corrected chi connectivity index (χ2v) is 5.63. The molecule has 0 aliphatic carbocycles. The number of sulfonamides is 1. The zero-order valence-corrected chi connectivity index (χ0v) is 11.7. The van der Waals surface area contributed by atoms with Crippen molar-refractivity contribution in [3.63, 3.8) is 0 Å². The van der Waals surface area contributed by atoms with Crippen molar-refractivity contribution >= 4 is 21.8 Å². The van der Waals surface area contributed by atoms with Gasteiger partial charge in [-0.1, -0.05) is 30.3 Å². The lowest BCUT2D eigenvalue weighted by Gasteiger charge is -2.09. The lowest BCUT2D eigenvalue weighted by Crippen LogP contribution is -2.19. The molecule has 2 rings (SSSR count). The third-order valence-electron chi connectivity index (χ3n) is 2.54. The van der Waals surface area contributed by atoms with Gasteiger partial charge in [0.1, 0.15) is 11.5 Å². The van der Waals surface area contributed by atoms with Crippen LogP contribution in [-0.2, 0) is 21.4 Å². The van der Waals surface area contributed by atoms with E-state index in [2.05, 4.69) is 10.3 Å². The van der Waals surface area contributed by atoms with Crippen molar-refractivity contribution in [2.45, 2.75) is 11.5 Å². The molecule has 21 heavy (non-hydrogen) atoms. The van der Waals surface area contributed by atoms with E-state index >= 15 is 0 Å². The number of nitrogens with zero attached hydrogens (tertiary/aromatic N) is 1. The van der Waals surface area contributed by atoms with Gasteiger partial charge in [-0.05, 0) is 11.6 Å². The Kier molecular flexibility index (Phi) is 4.51. The van der Waals surface area contributed by atoms with E-state index in [4.69, 9.17) is 9.88 Å². The lowest BCUT2D eigenvalue weighted by molar-refractivity contribution is 0.155. The average molecular weight is 307 g/mol. The van der Waals surface area contributed by atoms with E-state index < -0.39 is 16.1 Å². The maximum atomic E-state index is 11.7. The number of carbonyl (C=O) groups excluding carboxylic acids is 1. The van der Waals surface area contributed by atoms with E-state index in [0.29, 0.717) is 0 Å². The molecule has 0 saturated carbocycles. The standard InChI is InChI=1S/C13H13N3O4S/c14-21(18,19)12-6-7-15-8-11(12)16-13(17)20-9-10-4-2-1-3-5-10/h1-8H,9H2,(H,16,17)(H2,14,18,19). The highest BCUT2D eigenvalue weighted by molar-refractivity contribution is 7.89. The van der Waals surface area contributed by atoms with E-state index in [-0.39, 0.29) is 17.2 Å². The summed E-state index contributed by atoms with van der Waals surface area (Å²) in [5.74, 6) is 0. The predicted octanol–water partition coefficient (Wildman–Crippen LogP) is 1.48. The molecule has 0 radical (unpaired) electrons. The number of nitrogens with two attached hydrogens (primary N) is 1. The van der Waals surface area contributed by atoms with Crippen molar-refractivity contribution in [2.24, 2.45) is 5.14 Å². The summed E-state index contributed by atoms with van der Waals surface area (Å²) in [6.45, 7) is 0.0671. The minimum atomic E-state index is -3.96. The molecule has 1 heterocycles. The molecule has 110 valence electrons. The van der Waals surface area contributed by atoms with Gasteiger partial charge in [-0.15, -0.1) is 0 Å². The normalized spacial score (nSPS) is 10.9. The van der Waals surface area contributed by atoms with Crippen molar-refractivity contribution in [3.8, 4) is 0 Å². The minimum absolute atomic E-state index is 0.0296. The highest BCUT2D eigenvalue weighted by Gasteiger charge is 2.16. The summed E-state index contributed by atoms with van der Waals surface area (Å²) in [7, 11) is -3.96. The van der Waals surface area contributed by atoms with Gasteiger partial charge in [-0.3, -0.25) is 10.3 Å². The molecule has 1 aromatic heterocycles. The molecule has 0 aliphatic heterocycles. The quantitative estimate of drug-likeness (QED) is 0.888. The van der Waals surface area contributed by atoms with Gasteiger partial charge in [-0.25, -0.2) is 18.4 Å². The summed E-state index contributed by atoms with van der Waals surface area (Å²) in [6.07, 6.45) is 1.65. The highest BCUT2D eigenvalue weighted by atomic mass is 32.2. The monoisotopic (exact) mass is 307 g/mol. The fourth-order valence-corrected chi connectivity index (χ4v) is 2.25. The van der Waals surface area contributed by atoms with Crippen LogP contribution in [0.15, 0.2) is 53.7 Å². The number of pyridine rings is 1. The Morgan fingerprint density at radius 1 is 1.24 bits per heavy atom. The van der Waals surface area contributed by atoms with Crippen molar-refractivity contribution in [1.82, 2.24) is 4.98 Å². The maximum absolute atomic E-state index is 11.7. The number of primary sulfonamides is 1. The number of hydrogen-bond acceptors (Lipinski definition) is 5. The van der Waals surface area contributed by atoms with Gasteiger partial charge in [-0.2, -0.15) is 0 Å². The third kappa shape index (κ3) is 4.26. The zero-order valence-electron chi connectivity index (χ0n) is 10.9. The lowest BCUT2D eigenvalue weighted by atomic mass is 10.2. The first-order valence-corrected chi connectivity index (χ1v) is 7.46. The van der Waals surface area contributed by atoms with Gasteiger partial charge >= 0.3 is 6.09 Å². The van der Waals surface area contributed by atoms with Gasteiger partial charge < -0.3 is 4.74 Å². The number of carbonyl (C=O) groups is 1. The molecule has 7 nitrogen and oxygen atoms in total. The summed E-state index contributed by atoms with van der Waals surface area (Å²) in [5, 5.41) is 7.36. The van der Waals surface area contributed by atoms with Crippen LogP contribution in [0.25, 0.3) is 0 Å². The van der Waals surface area contributed by atoms with E-state index in [1.807, 2.05) is 18.2 Å². The topological polar surface area (TPSA) is 111 Å². The van der Waals surface area contributed by atoms with Crippen molar-refractivity contribution in [1.29, 1.82) is 0 Å². The second-order valence-electron chi connectivity index (χ2n) is 4.10. The molecule has 8 heteroatoms. The molecular weight excluding hydrogens is 294 g/mol. The first kappa shape index (κ1) is 14.9. The molecule has 0 spiro atoms. The fourth-order valence-electron chi connectivity index (χ4n) is 1.59. The van der Waals surface area contributed by atoms with Crippen molar-refractivity contribution in [3.05, 3.63) is 54.4 Å². The number of rotatable bonds is 4. The molecule has 0 aliphatic rings. The van der Waals surface area contributed by atoms with E-state index in [1.54, 1.807) is 12.1 Å². The smallest absolute Gasteiger partial charge is 0.412 e. The van der Waals surface area contributed by atoms with Gasteiger partial charge in [0.25, 0.3) is 0 Å². The van der Waals surface area contributed by atoms with Crippen LogP contribution in [0.1, 0.15) is 5.56 Å². The van der Waals surface area contributed by atoms with Crippen molar-refractivity contribution in [2.75, 3.05) is 5.32 Å². The fraction of sp³-hybridized carbons (Fsp3) is 0.0769. The number of aromatic nitrogens is 1. The highest BCUT2D eigenvalue weighted by Crippen LogP contribution is 2.18. The molecule has 0 atom stereocenters. The molecule has 1 amide bonds. The SMILES string of the molecule is NS(=O)(=O)c1ccncc1NC(=O)OCc1ccccc1. The summed E-state index contributed by atoms with van der Waals surface area (Å²) in [5.41, 5.74) is 0.781. The zero-order chi connectivity index (χ0) is 15.3. The Hall–Kier alpha value is -2.45. The van der Waals surface area contributed by atoms with Crippen LogP contribution in [0.5, 0.6) is 0 Å². The number of nitrogens with one attached hydrogen (secondary N) is 1. The minimum Gasteiger partial charge on any atom is -0.444 e. The Labute approximate surface area is 121 Å². The van der Waals surface area contributed by atoms with E-state index in [1.165, 1.54) is 18.5 Å². The summed E-state index contributed by atoms with van der Waals surface area (Å²) in [4.78, 5) is 15.2. The van der Waals surface area contributed by atoms with Crippen molar-refractivity contribution < 1.29 is 17.9 Å². The van der Waals surface area contributed by atoms with Crippen LogP contribution in [0, 0.1) is 0 Å². The van der Waals surface area contributed by atoms with Crippen LogP contribution < -0.4 is 10.5 Å². The first-order chi connectivity index (χ1) is 9.97. The number of ether oxygens (including phenoxy) is 1. The molecule has 3 N–H and O–H groups in total. The van der Waals surface area contributed by atoms with E-state index in [9.17, 15) is 13.2 Å². The molecule has 0 saturated heterocycles. The van der Waals surface area contributed by atoms with Gasteiger partial charge in [0.15, 0.2) is 0 Å². The van der Waals surface area contributed by atoms with Gasteiger partial charge in [0.05, 0.1) is 11.9 Å². The Morgan fingerprint density at radius 2 is 1.95 bits per heavy atom. The first-order valence-electron chi connectivity index (χ1n) is 5.91. The van der Waals surface area contributed by atoms with Gasteiger partial charge in [0, 0.05) is 6.20 Å².